The van der Waals surface area contributed by atoms with Crippen molar-refractivity contribution in [2.45, 2.75) is 6.92 Å². The normalized spacial score (nSPS) is 9.28. The van der Waals surface area contributed by atoms with Gasteiger partial charge in [-0.15, -0.1) is 0 Å². The summed E-state index contributed by atoms with van der Waals surface area (Å²) in [5, 5.41) is 20.8. The summed E-state index contributed by atoms with van der Waals surface area (Å²) < 4.78 is 0. The summed E-state index contributed by atoms with van der Waals surface area (Å²) in [6, 6.07) is 14.7. The van der Waals surface area contributed by atoms with Crippen molar-refractivity contribution in [2.75, 3.05) is 5.32 Å². The molecule has 1 N–H and O–H groups in total. The van der Waals surface area contributed by atoms with Gasteiger partial charge >= 0.3 is 0 Å². The van der Waals surface area contributed by atoms with Gasteiger partial charge in [0.15, 0.2) is 0 Å². The predicted molar refractivity (Wildman–Crippen MR) is 68.1 cm³/mol. The second-order valence-electron chi connectivity index (χ2n) is 3.79. The fraction of sp³-hybridized carbons (Fsp3) is 0.0714. The highest BCUT2D eigenvalue weighted by atomic mass is 15.0. The van der Waals surface area contributed by atoms with Gasteiger partial charge in [0, 0.05) is 5.69 Å². The van der Waals surface area contributed by atoms with E-state index in [2.05, 4.69) is 16.4 Å². The van der Waals surface area contributed by atoms with E-state index in [1.807, 2.05) is 19.1 Å². The molecule has 0 saturated carbocycles. The summed E-state index contributed by atoms with van der Waals surface area (Å²) in [5.74, 6) is 0.590. The zero-order valence-electron chi connectivity index (χ0n) is 9.81. The molecule has 1 aromatic heterocycles. The van der Waals surface area contributed by atoms with Crippen LogP contribution >= 0.6 is 0 Å². The summed E-state index contributed by atoms with van der Waals surface area (Å²) in [7, 11) is 0. The van der Waals surface area contributed by atoms with Gasteiger partial charge in [-0.25, -0.2) is 4.98 Å². The van der Waals surface area contributed by atoms with Crippen molar-refractivity contribution in [1.82, 2.24) is 4.98 Å². The molecule has 0 fully saturated rings. The van der Waals surface area contributed by atoms with Gasteiger partial charge < -0.3 is 5.32 Å². The highest BCUT2D eigenvalue weighted by Gasteiger charge is 2.02. The third-order valence-corrected chi connectivity index (χ3v) is 2.49. The first-order chi connectivity index (χ1) is 8.72. The highest BCUT2D eigenvalue weighted by molar-refractivity contribution is 5.62. The fourth-order valence-electron chi connectivity index (χ4n) is 1.53. The van der Waals surface area contributed by atoms with Crippen LogP contribution in [0.15, 0.2) is 36.4 Å². The number of aromatic nitrogens is 1. The number of rotatable bonds is 2. The summed E-state index contributed by atoms with van der Waals surface area (Å²) >= 11 is 0. The van der Waals surface area contributed by atoms with Crippen LogP contribution in [0.5, 0.6) is 0 Å². The molecule has 0 aliphatic heterocycles. The molecule has 1 heterocycles. The van der Waals surface area contributed by atoms with Crippen molar-refractivity contribution < 1.29 is 0 Å². The monoisotopic (exact) mass is 234 g/mol. The molecule has 0 unspecified atom stereocenters. The van der Waals surface area contributed by atoms with Crippen molar-refractivity contribution in [1.29, 1.82) is 10.5 Å². The van der Waals surface area contributed by atoms with Gasteiger partial charge in [0.05, 0.1) is 11.6 Å². The summed E-state index contributed by atoms with van der Waals surface area (Å²) in [6.07, 6.45) is 0. The minimum Gasteiger partial charge on any atom is -0.340 e. The van der Waals surface area contributed by atoms with Gasteiger partial charge in [-0.3, -0.25) is 0 Å². The van der Waals surface area contributed by atoms with Crippen LogP contribution in [0.25, 0.3) is 0 Å². The summed E-state index contributed by atoms with van der Waals surface area (Å²) in [4.78, 5) is 4.13. The average molecular weight is 234 g/mol. The topological polar surface area (TPSA) is 72.5 Å². The SMILES string of the molecule is Cc1ccc(C#N)cc1Nc1cccc(C#N)n1. The van der Waals surface area contributed by atoms with E-state index in [0.717, 1.165) is 11.3 Å². The molecule has 0 amide bonds. The van der Waals surface area contributed by atoms with Crippen molar-refractivity contribution >= 4 is 11.5 Å². The Morgan fingerprint density at radius 3 is 2.67 bits per heavy atom. The average Bonchev–Trinajstić information content (AvgIpc) is 2.41. The molecule has 0 radical (unpaired) electrons. The Labute approximate surface area is 105 Å². The number of benzene rings is 1. The lowest BCUT2D eigenvalue weighted by atomic mass is 10.1. The maximum atomic E-state index is 8.86. The van der Waals surface area contributed by atoms with Crippen LogP contribution in [-0.4, -0.2) is 4.98 Å². The number of pyridine rings is 1. The molecule has 0 atom stereocenters. The first-order valence-electron chi connectivity index (χ1n) is 5.38. The zero-order valence-corrected chi connectivity index (χ0v) is 9.81. The van der Waals surface area contributed by atoms with Crippen molar-refractivity contribution in [2.24, 2.45) is 0 Å². The number of hydrogen-bond donors (Lipinski definition) is 1. The van der Waals surface area contributed by atoms with Gasteiger partial charge in [-0.2, -0.15) is 10.5 Å². The van der Waals surface area contributed by atoms with Gasteiger partial charge in [0.2, 0.25) is 0 Å². The van der Waals surface area contributed by atoms with Crippen molar-refractivity contribution in [3.63, 3.8) is 0 Å². The molecule has 2 rings (SSSR count). The number of nitrogens with one attached hydrogen (secondary N) is 1. The largest absolute Gasteiger partial charge is 0.340 e. The molecule has 4 nitrogen and oxygen atoms in total. The lowest BCUT2D eigenvalue weighted by Gasteiger charge is -2.09. The predicted octanol–water partition coefficient (Wildman–Crippen LogP) is 2.88. The third kappa shape index (κ3) is 2.45. The molecule has 0 spiro atoms. The maximum absolute atomic E-state index is 8.86. The molecule has 4 heteroatoms. The van der Waals surface area contributed by atoms with Crippen LogP contribution in [0.1, 0.15) is 16.8 Å². The van der Waals surface area contributed by atoms with Gasteiger partial charge in [-0.1, -0.05) is 12.1 Å². The Morgan fingerprint density at radius 1 is 1.11 bits per heavy atom. The second kappa shape index (κ2) is 4.99. The van der Waals surface area contributed by atoms with Crippen LogP contribution in [0.4, 0.5) is 11.5 Å². The lowest BCUT2D eigenvalue weighted by molar-refractivity contribution is 1.25. The minimum absolute atomic E-state index is 0.356. The molecule has 0 aliphatic rings. The number of aryl methyl sites for hydroxylation is 1. The first kappa shape index (κ1) is 11.6. The second-order valence-corrected chi connectivity index (χ2v) is 3.79. The number of nitriles is 2. The molecule has 0 saturated heterocycles. The lowest BCUT2D eigenvalue weighted by Crippen LogP contribution is -1.97. The van der Waals surface area contributed by atoms with E-state index in [-0.39, 0.29) is 0 Å². The van der Waals surface area contributed by atoms with Crippen LogP contribution in [0.2, 0.25) is 0 Å². The molecule has 86 valence electrons. The van der Waals surface area contributed by atoms with Gasteiger partial charge in [0.1, 0.15) is 17.6 Å². The molecule has 1 aromatic carbocycles. The highest BCUT2D eigenvalue weighted by Crippen LogP contribution is 2.20. The third-order valence-electron chi connectivity index (χ3n) is 2.49. The molecule has 0 bridgehead atoms. The molecule has 0 aliphatic carbocycles. The van der Waals surface area contributed by atoms with E-state index < -0.39 is 0 Å². The minimum atomic E-state index is 0.356. The number of nitrogens with zero attached hydrogens (tertiary/aromatic N) is 3. The van der Waals surface area contributed by atoms with Crippen LogP contribution < -0.4 is 5.32 Å². The Hall–Kier alpha value is -2.85. The first-order valence-corrected chi connectivity index (χ1v) is 5.38. The van der Waals surface area contributed by atoms with Gasteiger partial charge in [-0.05, 0) is 36.8 Å². The van der Waals surface area contributed by atoms with E-state index >= 15 is 0 Å². The number of hydrogen-bond acceptors (Lipinski definition) is 4. The Bertz CT molecular complexity index is 662. The van der Waals surface area contributed by atoms with Crippen LogP contribution in [-0.2, 0) is 0 Å². The van der Waals surface area contributed by atoms with E-state index in [1.165, 1.54) is 0 Å². The van der Waals surface area contributed by atoms with Gasteiger partial charge in [0.25, 0.3) is 0 Å². The van der Waals surface area contributed by atoms with E-state index in [1.54, 1.807) is 30.3 Å². The summed E-state index contributed by atoms with van der Waals surface area (Å²) in [5.41, 5.74) is 2.77. The molecular formula is C14H10N4. The van der Waals surface area contributed by atoms with Crippen LogP contribution in [0.3, 0.4) is 0 Å². The standard InChI is InChI=1S/C14H10N4/c1-10-5-6-11(8-15)7-13(10)18-14-4-2-3-12(9-16)17-14/h2-7H,1H3,(H,17,18). The number of anilines is 2. The zero-order chi connectivity index (χ0) is 13.0. The summed E-state index contributed by atoms with van der Waals surface area (Å²) in [6.45, 7) is 1.94. The van der Waals surface area contributed by atoms with E-state index in [0.29, 0.717) is 17.1 Å². The Balaban J connectivity index is 2.34. The van der Waals surface area contributed by atoms with E-state index in [4.69, 9.17) is 10.5 Å². The maximum Gasteiger partial charge on any atom is 0.142 e. The van der Waals surface area contributed by atoms with Crippen molar-refractivity contribution in [3.8, 4) is 12.1 Å². The smallest absolute Gasteiger partial charge is 0.142 e. The van der Waals surface area contributed by atoms with E-state index in [9.17, 15) is 0 Å². The Morgan fingerprint density at radius 2 is 1.94 bits per heavy atom. The molecule has 18 heavy (non-hydrogen) atoms. The van der Waals surface area contributed by atoms with Crippen molar-refractivity contribution in [3.05, 3.63) is 53.2 Å². The fourth-order valence-corrected chi connectivity index (χ4v) is 1.53. The molecule has 2 aromatic rings. The Kier molecular flexibility index (Phi) is 3.22. The quantitative estimate of drug-likeness (QED) is 0.867. The van der Waals surface area contributed by atoms with Crippen LogP contribution in [0, 0.1) is 29.6 Å². The molecular weight excluding hydrogens is 224 g/mol.